The quantitative estimate of drug-likeness (QED) is 0.745. The van der Waals surface area contributed by atoms with Gasteiger partial charge in [-0.2, -0.15) is 0 Å². The molecule has 1 saturated heterocycles. The van der Waals surface area contributed by atoms with Crippen molar-refractivity contribution in [2.75, 3.05) is 6.61 Å². The second-order valence-corrected chi connectivity index (χ2v) is 7.18. The average molecular weight is 329 g/mol. The molecule has 0 aromatic carbocycles. The highest BCUT2D eigenvalue weighted by Gasteiger charge is 2.57. The Morgan fingerprint density at radius 1 is 1.17 bits per heavy atom. The minimum absolute atomic E-state index is 0.00687. The molecule has 0 spiro atoms. The van der Waals surface area contributed by atoms with E-state index in [0.717, 1.165) is 0 Å². The topological polar surface area (TPSA) is 97.0 Å². The molecule has 1 aliphatic heterocycles. The largest absolute Gasteiger partial charge is 0.444 e. The first kappa shape index (κ1) is 19.2. The predicted octanol–water partition coefficient (Wildman–Crippen LogP) is 1.31. The zero-order valence-corrected chi connectivity index (χ0v) is 14.9. The number of rotatable bonds is 2. The van der Waals surface area contributed by atoms with Gasteiger partial charge in [0.25, 0.3) is 5.91 Å². The summed E-state index contributed by atoms with van der Waals surface area (Å²) >= 11 is 0. The van der Waals surface area contributed by atoms with Gasteiger partial charge in [-0.3, -0.25) is 25.3 Å². The molecule has 1 fully saturated rings. The van der Waals surface area contributed by atoms with E-state index < -0.39 is 28.9 Å². The molecule has 1 atom stereocenters. The lowest BCUT2D eigenvalue weighted by molar-refractivity contribution is -0.136. The number of nitrogens with one attached hydrogen (secondary N) is 2. The van der Waals surface area contributed by atoms with E-state index in [-0.39, 0.29) is 18.9 Å². The van der Waals surface area contributed by atoms with Crippen LogP contribution in [0.2, 0.25) is 0 Å². The van der Waals surface area contributed by atoms with Crippen LogP contribution in [-0.4, -0.2) is 46.3 Å². The van der Waals surface area contributed by atoms with Gasteiger partial charge in [0.2, 0.25) is 5.91 Å². The standard InChI is InChI=1S/C15H27N3O5/c1-8-10(19)16-17-11(20)15(7)9-22-14(5,6)18(15)12(21)23-13(2,3)4/h8-9H2,1-7H3,(H,16,19)(H,17,20). The SMILES string of the molecule is CCC(=O)NNC(=O)C1(C)COC(C)(C)N1C(=O)OC(C)(C)C. The van der Waals surface area contributed by atoms with Crippen molar-refractivity contribution in [3.8, 4) is 0 Å². The fourth-order valence-corrected chi connectivity index (χ4v) is 2.29. The van der Waals surface area contributed by atoms with Crippen LogP contribution in [0.3, 0.4) is 0 Å². The van der Waals surface area contributed by atoms with Crippen LogP contribution in [0.1, 0.15) is 54.9 Å². The van der Waals surface area contributed by atoms with Gasteiger partial charge in [0.1, 0.15) is 16.9 Å². The third-order valence-electron chi connectivity index (χ3n) is 3.44. The number of hydrogen-bond donors (Lipinski definition) is 2. The van der Waals surface area contributed by atoms with Crippen molar-refractivity contribution < 1.29 is 23.9 Å². The van der Waals surface area contributed by atoms with E-state index in [9.17, 15) is 14.4 Å². The summed E-state index contributed by atoms with van der Waals surface area (Å²) < 4.78 is 11.0. The molecular formula is C15H27N3O5. The van der Waals surface area contributed by atoms with Crippen molar-refractivity contribution in [3.05, 3.63) is 0 Å². The molecule has 1 aliphatic rings. The molecule has 1 heterocycles. The van der Waals surface area contributed by atoms with Crippen molar-refractivity contribution in [2.24, 2.45) is 0 Å². The number of ether oxygens (including phenoxy) is 2. The molecule has 0 aromatic rings. The number of hydrazine groups is 1. The fraction of sp³-hybridized carbons (Fsp3) is 0.800. The van der Waals surface area contributed by atoms with Gasteiger partial charge in [-0.25, -0.2) is 4.79 Å². The summed E-state index contributed by atoms with van der Waals surface area (Å²) in [5.41, 5.74) is 1.62. The van der Waals surface area contributed by atoms with Crippen LogP contribution in [0.25, 0.3) is 0 Å². The first-order valence-corrected chi connectivity index (χ1v) is 7.60. The second kappa shape index (κ2) is 6.35. The maximum atomic E-state index is 12.5. The fourth-order valence-electron chi connectivity index (χ4n) is 2.29. The molecule has 1 unspecified atom stereocenters. The molecule has 0 radical (unpaired) electrons. The van der Waals surface area contributed by atoms with Gasteiger partial charge in [-0.15, -0.1) is 0 Å². The lowest BCUT2D eigenvalue weighted by Crippen LogP contribution is -2.63. The minimum Gasteiger partial charge on any atom is -0.444 e. The van der Waals surface area contributed by atoms with Crippen molar-refractivity contribution >= 4 is 17.9 Å². The molecule has 0 saturated carbocycles. The number of carbonyl (C=O) groups is 3. The Bertz CT molecular complexity index is 498. The molecule has 0 bridgehead atoms. The summed E-state index contributed by atoms with van der Waals surface area (Å²) in [5, 5.41) is 0. The normalized spacial score (nSPS) is 23.3. The summed E-state index contributed by atoms with van der Waals surface area (Å²) in [6.07, 6.45) is -0.422. The third-order valence-corrected chi connectivity index (χ3v) is 3.44. The van der Waals surface area contributed by atoms with Crippen molar-refractivity contribution in [2.45, 2.75) is 71.8 Å². The van der Waals surface area contributed by atoms with Gasteiger partial charge in [0, 0.05) is 6.42 Å². The Hall–Kier alpha value is -1.83. The molecule has 8 heteroatoms. The van der Waals surface area contributed by atoms with Crippen LogP contribution in [0, 0.1) is 0 Å². The summed E-state index contributed by atoms with van der Waals surface area (Å²) in [6, 6.07) is 0. The van der Waals surface area contributed by atoms with E-state index in [0.29, 0.717) is 0 Å². The molecule has 1 rings (SSSR count). The van der Waals surface area contributed by atoms with Gasteiger partial charge in [0.15, 0.2) is 0 Å². The van der Waals surface area contributed by atoms with E-state index in [1.165, 1.54) is 4.90 Å². The van der Waals surface area contributed by atoms with E-state index in [1.54, 1.807) is 48.5 Å². The minimum atomic E-state index is -1.30. The molecular weight excluding hydrogens is 302 g/mol. The Balaban J connectivity index is 3.00. The molecule has 2 N–H and O–H groups in total. The van der Waals surface area contributed by atoms with Gasteiger partial charge in [0.05, 0.1) is 6.61 Å². The van der Waals surface area contributed by atoms with E-state index in [1.807, 2.05) is 0 Å². The zero-order chi connectivity index (χ0) is 18.1. The maximum Gasteiger partial charge on any atom is 0.413 e. The molecule has 23 heavy (non-hydrogen) atoms. The van der Waals surface area contributed by atoms with Crippen LogP contribution in [0.4, 0.5) is 4.79 Å². The van der Waals surface area contributed by atoms with Gasteiger partial charge < -0.3 is 9.47 Å². The molecule has 3 amide bonds. The van der Waals surface area contributed by atoms with Crippen LogP contribution in [-0.2, 0) is 19.1 Å². The number of nitrogens with zero attached hydrogens (tertiary/aromatic N) is 1. The lowest BCUT2D eigenvalue weighted by Gasteiger charge is -2.39. The maximum absolute atomic E-state index is 12.5. The van der Waals surface area contributed by atoms with E-state index in [4.69, 9.17) is 9.47 Å². The number of amides is 3. The highest BCUT2D eigenvalue weighted by atomic mass is 16.6. The molecule has 132 valence electrons. The predicted molar refractivity (Wildman–Crippen MR) is 83.1 cm³/mol. The second-order valence-electron chi connectivity index (χ2n) is 7.18. The van der Waals surface area contributed by atoms with Crippen molar-refractivity contribution in [3.63, 3.8) is 0 Å². The third kappa shape index (κ3) is 4.34. The Kier molecular flexibility index (Phi) is 5.30. The highest BCUT2D eigenvalue weighted by molar-refractivity contribution is 5.92. The highest BCUT2D eigenvalue weighted by Crippen LogP contribution is 2.36. The van der Waals surface area contributed by atoms with Crippen molar-refractivity contribution in [1.82, 2.24) is 15.8 Å². The Morgan fingerprint density at radius 3 is 2.22 bits per heavy atom. The smallest absolute Gasteiger partial charge is 0.413 e. The van der Waals surface area contributed by atoms with E-state index in [2.05, 4.69) is 10.9 Å². The summed E-state index contributed by atoms with van der Waals surface area (Å²) in [5.74, 6) is -0.875. The molecule has 8 nitrogen and oxygen atoms in total. The van der Waals surface area contributed by atoms with E-state index >= 15 is 0 Å². The molecule has 0 aliphatic carbocycles. The summed E-state index contributed by atoms with van der Waals surface area (Å²) in [6.45, 7) is 11.8. The Labute approximate surface area is 136 Å². The lowest BCUT2D eigenvalue weighted by atomic mass is 10.0. The zero-order valence-electron chi connectivity index (χ0n) is 14.9. The summed E-state index contributed by atoms with van der Waals surface area (Å²) in [4.78, 5) is 37.6. The number of hydrogen-bond acceptors (Lipinski definition) is 5. The van der Waals surface area contributed by atoms with Crippen molar-refractivity contribution in [1.29, 1.82) is 0 Å². The summed E-state index contributed by atoms with van der Waals surface area (Å²) in [7, 11) is 0. The van der Waals surface area contributed by atoms with Crippen LogP contribution < -0.4 is 10.9 Å². The average Bonchev–Trinajstić information content (AvgIpc) is 2.65. The Morgan fingerprint density at radius 2 is 1.74 bits per heavy atom. The first-order valence-electron chi connectivity index (χ1n) is 7.60. The van der Waals surface area contributed by atoms with Gasteiger partial charge in [-0.1, -0.05) is 6.92 Å². The number of carbonyl (C=O) groups excluding carboxylic acids is 3. The van der Waals surface area contributed by atoms with Crippen LogP contribution in [0.5, 0.6) is 0 Å². The van der Waals surface area contributed by atoms with Gasteiger partial charge >= 0.3 is 6.09 Å². The van der Waals surface area contributed by atoms with Gasteiger partial charge in [-0.05, 0) is 41.5 Å². The van der Waals surface area contributed by atoms with Crippen LogP contribution in [0.15, 0.2) is 0 Å². The first-order chi connectivity index (χ1) is 10.3. The molecule has 0 aromatic heterocycles. The monoisotopic (exact) mass is 329 g/mol. The van der Waals surface area contributed by atoms with Crippen LogP contribution >= 0.6 is 0 Å².